The second kappa shape index (κ2) is 9.04. The zero-order chi connectivity index (χ0) is 20.9. The van der Waals surface area contributed by atoms with Crippen molar-refractivity contribution in [1.29, 1.82) is 0 Å². The fourth-order valence-electron chi connectivity index (χ4n) is 2.42. The molecule has 1 heterocycles. The highest BCUT2D eigenvalue weighted by Gasteiger charge is 2.15. The number of hydrogen-bond acceptors (Lipinski definition) is 4. The van der Waals surface area contributed by atoms with Gasteiger partial charge in [-0.25, -0.2) is 17.5 Å². The molecule has 0 aliphatic carbocycles. The number of amides is 1. The van der Waals surface area contributed by atoms with Crippen molar-refractivity contribution in [2.75, 3.05) is 5.32 Å². The Bertz CT molecular complexity index is 1120. The van der Waals surface area contributed by atoms with Gasteiger partial charge in [0.25, 0.3) is 0 Å². The largest absolute Gasteiger partial charge is 0.468 e. The van der Waals surface area contributed by atoms with Gasteiger partial charge in [0, 0.05) is 17.3 Å². The van der Waals surface area contributed by atoms with Crippen LogP contribution in [0.5, 0.6) is 0 Å². The first-order valence-corrected chi connectivity index (χ1v) is 10.3. The van der Waals surface area contributed by atoms with Crippen molar-refractivity contribution >= 4 is 39.3 Å². The number of furan rings is 1. The van der Waals surface area contributed by atoms with E-state index in [2.05, 4.69) is 10.0 Å². The first-order chi connectivity index (χ1) is 13.8. The van der Waals surface area contributed by atoms with Crippen LogP contribution in [-0.2, 0) is 21.4 Å². The van der Waals surface area contributed by atoms with Crippen molar-refractivity contribution in [2.24, 2.45) is 0 Å². The summed E-state index contributed by atoms with van der Waals surface area (Å²) in [5, 5.41) is 2.70. The number of benzene rings is 2. The van der Waals surface area contributed by atoms with E-state index in [1.807, 2.05) is 0 Å². The average molecular weight is 435 g/mol. The fourth-order valence-corrected chi connectivity index (χ4v) is 3.68. The Kier molecular flexibility index (Phi) is 6.48. The van der Waals surface area contributed by atoms with Crippen LogP contribution in [0.2, 0.25) is 5.02 Å². The zero-order valence-electron chi connectivity index (χ0n) is 14.9. The quantitative estimate of drug-likeness (QED) is 0.545. The predicted molar refractivity (Wildman–Crippen MR) is 108 cm³/mol. The number of nitrogens with one attached hydrogen (secondary N) is 2. The molecule has 0 aliphatic heterocycles. The molecule has 0 radical (unpaired) electrons. The second-order valence-corrected chi connectivity index (χ2v) is 8.06. The van der Waals surface area contributed by atoms with Crippen LogP contribution in [0.15, 0.2) is 76.2 Å². The second-order valence-electron chi connectivity index (χ2n) is 5.89. The summed E-state index contributed by atoms with van der Waals surface area (Å²) in [5.74, 6) is -0.658. The van der Waals surface area contributed by atoms with Gasteiger partial charge in [0.1, 0.15) is 11.6 Å². The molecule has 2 N–H and O–H groups in total. The Morgan fingerprint density at radius 1 is 1.14 bits per heavy atom. The summed E-state index contributed by atoms with van der Waals surface area (Å²) in [6, 6.07) is 13.2. The van der Waals surface area contributed by atoms with Crippen LogP contribution in [0.3, 0.4) is 0 Å². The summed E-state index contributed by atoms with van der Waals surface area (Å²) in [6.45, 7) is -0.00193. The maximum Gasteiger partial charge on any atom is 0.248 e. The molecule has 150 valence electrons. The van der Waals surface area contributed by atoms with E-state index in [0.717, 1.165) is 6.08 Å². The van der Waals surface area contributed by atoms with E-state index in [-0.39, 0.29) is 27.7 Å². The Morgan fingerprint density at radius 3 is 2.66 bits per heavy atom. The van der Waals surface area contributed by atoms with Crippen molar-refractivity contribution in [3.8, 4) is 0 Å². The molecule has 0 aliphatic rings. The maximum absolute atomic E-state index is 13.7. The molecule has 1 aromatic heterocycles. The van der Waals surface area contributed by atoms with E-state index < -0.39 is 21.7 Å². The topological polar surface area (TPSA) is 88.4 Å². The zero-order valence-corrected chi connectivity index (χ0v) is 16.5. The minimum atomic E-state index is -3.81. The number of hydrogen-bond donors (Lipinski definition) is 2. The lowest BCUT2D eigenvalue weighted by Crippen LogP contribution is -2.23. The molecular formula is C20H16ClFN2O4S. The molecule has 9 heteroatoms. The monoisotopic (exact) mass is 434 g/mol. The minimum Gasteiger partial charge on any atom is -0.468 e. The third-order valence-corrected chi connectivity index (χ3v) is 5.56. The third-order valence-electron chi connectivity index (χ3n) is 3.83. The van der Waals surface area contributed by atoms with Crippen LogP contribution < -0.4 is 10.0 Å². The minimum absolute atomic E-state index is 0.00193. The molecule has 3 aromatic rings. The van der Waals surface area contributed by atoms with Crippen molar-refractivity contribution in [3.63, 3.8) is 0 Å². The van der Waals surface area contributed by atoms with Crippen LogP contribution in [0.4, 0.5) is 10.1 Å². The van der Waals surface area contributed by atoms with Crippen LogP contribution in [0.1, 0.15) is 11.3 Å². The van der Waals surface area contributed by atoms with E-state index in [0.29, 0.717) is 5.76 Å². The molecule has 2 aromatic carbocycles. The Hall–Kier alpha value is -2.94. The molecule has 0 fully saturated rings. The SMILES string of the molecule is O=C(/C=C/c1c(F)cccc1Cl)Nc1cccc(S(=O)(=O)NCc2ccco2)c1. The maximum atomic E-state index is 13.7. The number of carbonyl (C=O) groups is 1. The molecule has 3 rings (SSSR count). The summed E-state index contributed by atoms with van der Waals surface area (Å²) in [6.07, 6.45) is 3.81. The van der Waals surface area contributed by atoms with Gasteiger partial charge >= 0.3 is 0 Å². The van der Waals surface area contributed by atoms with Crippen LogP contribution in [-0.4, -0.2) is 14.3 Å². The van der Waals surface area contributed by atoms with Gasteiger partial charge in [0.15, 0.2) is 0 Å². The van der Waals surface area contributed by atoms with Crippen molar-refractivity contribution in [1.82, 2.24) is 4.72 Å². The molecule has 0 unspecified atom stereocenters. The molecule has 0 saturated heterocycles. The van der Waals surface area contributed by atoms with Crippen molar-refractivity contribution < 1.29 is 22.0 Å². The molecule has 1 amide bonds. The predicted octanol–water partition coefficient (Wildman–Crippen LogP) is 4.20. The Labute approximate surface area is 172 Å². The molecule has 0 saturated carbocycles. The van der Waals surface area contributed by atoms with E-state index >= 15 is 0 Å². The first kappa shape index (κ1) is 20.8. The highest BCUT2D eigenvalue weighted by molar-refractivity contribution is 7.89. The van der Waals surface area contributed by atoms with Crippen LogP contribution in [0.25, 0.3) is 6.08 Å². The van der Waals surface area contributed by atoms with Gasteiger partial charge in [-0.05, 0) is 48.5 Å². The van der Waals surface area contributed by atoms with Crippen molar-refractivity contribution in [3.05, 3.63) is 89.1 Å². The normalized spacial score (nSPS) is 11.7. The first-order valence-electron chi connectivity index (χ1n) is 8.40. The lowest BCUT2D eigenvalue weighted by molar-refractivity contribution is -0.111. The van der Waals surface area contributed by atoms with Gasteiger partial charge in [-0.15, -0.1) is 0 Å². The van der Waals surface area contributed by atoms with Crippen LogP contribution >= 0.6 is 11.6 Å². The number of sulfonamides is 1. The highest BCUT2D eigenvalue weighted by Crippen LogP contribution is 2.21. The number of halogens is 2. The van der Waals surface area contributed by atoms with Gasteiger partial charge in [0.05, 0.1) is 22.7 Å². The lowest BCUT2D eigenvalue weighted by Gasteiger charge is -2.08. The van der Waals surface area contributed by atoms with E-state index in [1.54, 1.807) is 12.1 Å². The molecular weight excluding hydrogens is 419 g/mol. The van der Waals surface area contributed by atoms with E-state index in [4.69, 9.17) is 16.0 Å². The van der Waals surface area contributed by atoms with Crippen LogP contribution in [0, 0.1) is 5.82 Å². The highest BCUT2D eigenvalue weighted by atomic mass is 35.5. The lowest BCUT2D eigenvalue weighted by atomic mass is 10.2. The Balaban J connectivity index is 1.69. The number of anilines is 1. The van der Waals surface area contributed by atoms with E-state index in [9.17, 15) is 17.6 Å². The van der Waals surface area contributed by atoms with Crippen molar-refractivity contribution in [2.45, 2.75) is 11.4 Å². The summed E-state index contributed by atoms with van der Waals surface area (Å²) in [7, 11) is -3.81. The number of rotatable bonds is 7. The van der Waals surface area contributed by atoms with Gasteiger partial charge in [-0.3, -0.25) is 4.79 Å². The summed E-state index contributed by atoms with van der Waals surface area (Å²) >= 11 is 5.91. The average Bonchev–Trinajstić information content (AvgIpc) is 3.20. The molecule has 29 heavy (non-hydrogen) atoms. The summed E-state index contributed by atoms with van der Waals surface area (Å²) < 4.78 is 46.1. The van der Waals surface area contributed by atoms with Gasteiger partial charge in [0.2, 0.25) is 15.9 Å². The number of carbonyl (C=O) groups excluding carboxylic acids is 1. The fraction of sp³-hybridized carbons (Fsp3) is 0.0500. The van der Waals surface area contributed by atoms with E-state index in [1.165, 1.54) is 54.8 Å². The van der Waals surface area contributed by atoms with Gasteiger partial charge in [-0.2, -0.15) is 0 Å². The van der Waals surface area contributed by atoms with Gasteiger partial charge < -0.3 is 9.73 Å². The summed E-state index contributed by atoms with van der Waals surface area (Å²) in [4.78, 5) is 12.1. The molecule has 0 spiro atoms. The molecule has 0 atom stereocenters. The molecule has 6 nitrogen and oxygen atoms in total. The Morgan fingerprint density at radius 2 is 1.93 bits per heavy atom. The smallest absolute Gasteiger partial charge is 0.248 e. The molecule has 0 bridgehead atoms. The third kappa shape index (κ3) is 5.54. The summed E-state index contributed by atoms with van der Waals surface area (Å²) in [5.41, 5.74) is 0.350. The standard InChI is InChI=1S/C20H16ClFN2O4S/c21-18-7-2-8-19(22)17(18)9-10-20(25)24-14-4-1-6-16(12-14)29(26,27)23-13-15-5-3-11-28-15/h1-12,23H,13H2,(H,24,25)/b10-9+. The van der Waals surface area contributed by atoms with Gasteiger partial charge in [-0.1, -0.05) is 23.7 Å².